The minimum atomic E-state index is -0.757. The van der Waals surface area contributed by atoms with E-state index < -0.39 is 6.10 Å². The lowest BCUT2D eigenvalue weighted by Crippen LogP contribution is -2.30. The monoisotopic (exact) mass is 765 g/mol. The van der Waals surface area contributed by atoms with E-state index in [-0.39, 0.29) is 31.1 Å². The molecule has 0 aromatic carbocycles. The number of hydrogen-bond acceptors (Lipinski definition) is 6. The molecule has 0 fully saturated rings. The van der Waals surface area contributed by atoms with Crippen LogP contribution >= 0.6 is 0 Å². The lowest BCUT2D eigenvalue weighted by molar-refractivity contribution is -0.167. The Balaban J connectivity index is 4.17. The SMILES string of the molecule is CCCCCCCCCCCCCCCCCCCC(=O)OC[C@H](COC(=O)CCCCCCCCCCCCCC)OC(=O)CCCCCCCCC. The average Bonchev–Trinajstić information content (AvgIpc) is 3.17. The summed E-state index contributed by atoms with van der Waals surface area (Å²) in [6.45, 7) is 6.62. The third-order valence-electron chi connectivity index (χ3n) is 10.9. The van der Waals surface area contributed by atoms with Crippen LogP contribution in [0.15, 0.2) is 0 Å². The Labute approximate surface area is 336 Å². The summed E-state index contributed by atoms with van der Waals surface area (Å²) in [6, 6.07) is 0. The van der Waals surface area contributed by atoms with Gasteiger partial charge in [-0.2, -0.15) is 0 Å². The van der Waals surface area contributed by atoms with Crippen molar-refractivity contribution in [1.29, 1.82) is 0 Å². The second-order valence-corrected chi connectivity index (χ2v) is 16.4. The Hall–Kier alpha value is -1.59. The van der Waals surface area contributed by atoms with Crippen molar-refractivity contribution < 1.29 is 28.6 Å². The standard InChI is InChI=1S/C48H92O6/c1-4-7-10-13-16-18-20-22-23-24-25-26-28-30-33-35-38-41-47(50)53-44-45(54-48(51)42-39-36-31-15-12-9-6-3)43-52-46(49)40-37-34-32-29-27-21-19-17-14-11-8-5-2/h45H,4-44H2,1-3H3/t45-/m0/s1. The molecule has 0 radical (unpaired) electrons. The minimum Gasteiger partial charge on any atom is -0.462 e. The van der Waals surface area contributed by atoms with Crippen LogP contribution in [0.25, 0.3) is 0 Å². The van der Waals surface area contributed by atoms with Gasteiger partial charge in [0.2, 0.25) is 0 Å². The maximum atomic E-state index is 12.6. The van der Waals surface area contributed by atoms with Crippen LogP contribution in [0.3, 0.4) is 0 Å². The molecule has 1 atom stereocenters. The van der Waals surface area contributed by atoms with Crippen molar-refractivity contribution in [2.45, 2.75) is 277 Å². The van der Waals surface area contributed by atoms with E-state index >= 15 is 0 Å². The van der Waals surface area contributed by atoms with Gasteiger partial charge in [0.1, 0.15) is 13.2 Å². The Kier molecular flexibility index (Phi) is 42.8. The number of ether oxygens (including phenoxy) is 3. The summed E-state index contributed by atoms with van der Waals surface area (Å²) in [5, 5.41) is 0. The summed E-state index contributed by atoms with van der Waals surface area (Å²) in [7, 11) is 0. The first-order valence-electron chi connectivity index (χ1n) is 24.0. The molecule has 0 aromatic heterocycles. The van der Waals surface area contributed by atoms with E-state index in [1.165, 1.54) is 173 Å². The predicted octanol–water partition coefficient (Wildman–Crippen LogP) is 15.3. The van der Waals surface area contributed by atoms with Gasteiger partial charge in [-0.3, -0.25) is 14.4 Å². The highest BCUT2D eigenvalue weighted by Gasteiger charge is 2.19. The van der Waals surface area contributed by atoms with Gasteiger partial charge >= 0.3 is 17.9 Å². The smallest absolute Gasteiger partial charge is 0.306 e. The van der Waals surface area contributed by atoms with E-state index in [1.807, 2.05) is 0 Å². The molecular weight excluding hydrogens is 673 g/mol. The molecule has 320 valence electrons. The van der Waals surface area contributed by atoms with Crippen LogP contribution in [0.4, 0.5) is 0 Å². The van der Waals surface area contributed by atoms with E-state index in [0.29, 0.717) is 19.3 Å². The highest BCUT2D eigenvalue weighted by molar-refractivity contribution is 5.71. The molecule has 0 aromatic rings. The summed E-state index contributed by atoms with van der Waals surface area (Å²) >= 11 is 0. The van der Waals surface area contributed by atoms with Crippen molar-refractivity contribution in [3.05, 3.63) is 0 Å². The van der Waals surface area contributed by atoms with Gasteiger partial charge in [0.15, 0.2) is 6.10 Å². The molecule has 0 unspecified atom stereocenters. The van der Waals surface area contributed by atoms with Crippen molar-refractivity contribution in [2.24, 2.45) is 0 Å². The fourth-order valence-corrected chi connectivity index (χ4v) is 7.21. The fourth-order valence-electron chi connectivity index (χ4n) is 7.21. The molecule has 0 N–H and O–H groups in total. The summed E-state index contributed by atoms with van der Waals surface area (Å²) in [5.41, 5.74) is 0. The van der Waals surface area contributed by atoms with Gasteiger partial charge in [0.25, 0.3) is 0 Å². The Morgan fingerprint density at radius 1 is 0.296 bits per heavy atom. The lowest BCUT2D eigenvalue weighted by atomic mass is 10.0. The number of carbonyl (C=O) groups is 3. The number of esters is 3. The van der Waals surface area contributed by atoms with Crippen molar-refractivity contribution >= 4 is 17.9 Å². The van der Waals surface area contributed by atoms with Crippen LogP contribution in [-0.4, -0.2) is 37.2 Å². The van der Waals surface area contributed by atoms with Crippen molar-refractivity contribution in [3.8, 4) is 0 Å². The fraction of sp³-hybridized carbons (Fsp3) is 0.938. The van der Waals surface area contributed by atoms with Crippen molar-refractivity contribution in [2.75, 3.05) is 13.2 Å². The molecule has 0 bridgehead atoms. The van der Waals surface area contributed by atoms with E-state index in [1.54, 1.807) is 0 Å². The van der Waals surface area contributed by atoms with Crippen LogP contribution in [0.5, 0.6) is 0 Å². The number of rotatable bonds is 44. The Morgan fingerprint density at radius 3 is 0.741 bits per heavy atom. The molecule has 0 aliphatic heterocycles. The van der Waals surface area contributed by atoms with Crippen LogP contribution in [0.1, 0.15) is 271 Å². The second kappa shape index (κ2) is 44.1. The van der Waals surface area contributed by atoms with Gasteiger partial charge in [-0.25, -0.2) is 0 Å². The van der Waals surface area contributed by atoms with E-state index in [4.69, 9.17) is 14.2 Å². The lowest BCUT2D eigenvalue weighted by Gasteiger charge is -2.18. The molecule has 0 aliphatic carbocycles. The van der Waals surface area contributed by atoms with Crippen LogP contribution in [0, 0.1) is 0 Å². The van der Waals surface area contributed by atoms with Crippen molar-refractivity contribution in [1.82, 2.24) is 0 Å². The molecule has 0 aliphatic rings. The van der Waals surface area contributed by atoms with Crippen molar-refractivity contribution in [3.63, 3.8) is 0 Å². The van der Waals surface area contributed by atoms with Crippen LogP contribution in [0.2, 0.25) is 0 Å². The summed E-state index contributed by atoms with van der Waals surface area (Å²) < 4.78 is 16.7. The second-order valence-electron chi connectivity index (χ2n) is 16.4. The van der Waals surface area contributed by atoms with Gasteiger partial charge in [0, 0.05) is 19.3 Å². The highest BCUT2D eigenvalue weighted by Crippen LogP contribution is 2.16. The van der Waals surface area contributed by atoms with E-state index in [0.717, 1.165) is 57.8 Å². The molecule has 54 heavy (non-hydrogen) atoms. The van der Waals surface area contributed by atoms with Gasteiger partial charge in [-0.05, 0) is 19.3 Å². The average molecular weight is 765 g/mol. The number of hydrogen-bond donors (Lipinski definition) is 0. The molecule has 6 nitrogen and oxygen atoms in total. The Morgan fingerprint density at radius 2 is 0.500 bits per heavy atom. The topological polar surface area (TPSA) is 78.9 Å². The first-order chi connectivity index (χ1) is 26.5. The Bertz CT molecular complexity index is 798. The third-order valence-corrected chi connectivity index (χ3v) is 10.9. The first kappa shape index (κ1) is 52.4. The summed E-state index contributed by atoms with van der Waals surface area (Å²) in [6.07, 6.45) is 45.3. The molecule has 0 spiro atoms. The molecule has 6 heteroatoms. The number of carbonyl (C=O) groups excluding carboxylic acids is 3. The molecule has 0 saturated heterocycles. The molecular formula is C48H92O6. The summed E-state index contributed by atoms with van der Waals surface area (Å²) in [4.78, 5) is 37.6. The van der Waals surface area contributed by atoms with E-state index in [9.17, 15) is 14.4 Å². The predicted molar refractivity (Wildman–Crippen MR) is 229 cm³/mol. The number of unbranched alkanes of at least 4 members (excludes halogenated alkanes) is 33. The van der Waals surface area contributed by atoms with Gasteiger partial charge in [-0.15, -0.1) is 0 Å². The molecule has 0 saturated carbocycles. The van der Waals surface area contributed by atoms with Gasteiger partial charge < -0.3 is 14.2 Å². The van der Waals surface area contributed by atoms with E-state index in [2.05, 4.69) is 20.8 Å². The molecule has 0 heterocycles. The zero-order chi connectivity index (χ0) is 39.4. The minimum absolute atomic E-state index is 0.0631. The maximum Gasteiger partial charge on any atom is 0.306 e. The van der Waals surface area contributed by atoms with Gasteiger partial charge in [0.05, 0.1) is 0 Å². The normalized spacial score (nSPS) is 11.8. The quantitative estimate of drug-likeness (QED) is 0.0349. The van der Waals surface area contributed by atoms with Gasteiger partial charge in [-0.1, -0.05) is 233 Å². The van der Waals surface area contributed by atoms with Crippen LogP contribution < -0.4 is 0 Å². The highest BCUT2D eigenvalue weighted by atomic mass is 16.6. The zero-order valence-electron chi connectivity index (χ0n) is 36.5. The van der Waals surface area contributed by atoms with Crippen LogP contribution in [-0.2, 0) is 28.6 Å². The third kappa shape index (κ3) is 41.6. The first-order valence-corrected chi connectivity index (χ1v) is 24.0. The zero-order valence-corrected chi connectivity index (χ0v) is 36.5. The summed E-state index contributed by atoms with van der Waals surface area (Å²) in [5.74, 6) is -0.855. The maximum absolute atomic E-state index is 12.6. The largest absolute Gasteiger partial charge is 0.462 e. The molecule has 0 rings (SSSR count). The molecule has 0 amide bonds.